The molecule has 1 rings (SSSR count). The maximum atomic E-state index is 10.7. The van der Waals surface area contributed by atoms with Crippen LogP contribution in [0.1, 0.15) is 31.4 Å². The zero-order valence-corrected chi connectivity index (χ0v) is 10.8. The van der Waals surface area contributed by atoms with Gasteiger partial charge in [0.15, 0.2) is 0 Å². The summed E-state index contributed by atoms with van der Waals surface area (Å²) < 4.78 is 0. The Labute approximate surface area is 103 Å². The Morgan fingerprint density at radius 3 is 2.59 bits per heavy atom. The van der Waals surface area contributed by atoms with E-state index in [1.165, 1.54) is 11.1 Å². The Hall–Kier alpha value is -1.35. The molecule has 0 spiro atoms. The van der Waals surface area contributed by atoms with Gasteiger partial charge < -0.3 is 5.11 Å². The molecule has 1 unspecified atom stereocenters. The molecule has 3 nitrogen and oxygen atoms in total. The van der Waals surface area contributed by atoms with E-state index in [4.69, 9.17) is 5.11 Å². The monoisotopic (exact) mass is 235 g/mol. The molecule has 0 aliphatic heterocycles. The normalized spacial score (nSPS) is 12.7. The smallest absolute Gasteiger partial charge is 0.304 e. The summed E-state index contributed by atoms with van der Waals surface area (Å²) in [5.74, 6) is -0.735. The van der Waals surface area contributed by atoms with E-state index in [0.717, 1.165) is 13.1 Å². The molecular formula is C14H21NO2. The fraction of sp³-hybridized carbons (Fsp3) is 0.500. The van der Waals surface area contributed by atoms with Crippen LogP contribution in [0.15, 0.2) is 24.3 Å². The van der Waals surface area contributed by atoms with Crippen molar-refractivity contribution in [1.82, 2.24) is 4.90 Å². The molecule has 94 valence electrons. The molecular weight excluding hydrogens is 214 g/mol. The molecule has 1 atom stereocenters. The molecule has 0 bridgehead atoms. The zero-order valence-electron chi connectivity index (χ0n) is 10.8. The van der Waals surface area contributed by atoms with E-state index in [1.54, 1.807) is 0 Å². The molecule has 0 fully saturated rings. The molecule has 0 amide bonds. The highest BCUT2D eigenvalue weighted by molar-refractivity contribution is 5.67. The quantitative estimate of drug-likeness (QED) is 0.824. The van der Waals surface area contributed by atoms with E-state index in [0.29, 0.717) is 0 Å². The van der Waals surface area contributed by atoms with Crippen LogP contribution >= 0.6 is 0 Å². The summed E-state index contributed by atoms with van der Waals surface area (Å²) in [6.07, 6.45) is 0.194. The highest BCUT2D eigenvalue weighted by atomic mass is 16.4. The SMILES string of the molecule is CCN(Cc1ccccc1C)C(C)CC(=O)O. The summed E-state index contributed by atoms with van der Waals surface area (Å²) in [4.78, 5) is 12.9. The fourth-order valence-electron chi connectivity index (χ4n) is 1.97. The lowest BCUT2D eigenvalue weighted by Gasteiger charge is -2.27. The van der Waals surface area contributed by atoms with E-state index in [1.807, 2.05) is 19.1 Å². The van der Waals surface area contributed by atoms with Crippen molar-refractivity contribution in [3.63, 3.8) is 0 Å². The minimum atomic E-state index is -0.735. The second-order valence-electron chi connectivity index (χ2n) is 4.44. The third-order valence-electron chi connectivity index (χ3n) is 3.13. The first-order valence-electron chi connectivity index (χ1n) is 6.05. The fourth-order valence-corrected chi connectivity index (χ4v) is 1.97. The highest BCUT2D eigenvalue weighted by Gasteiger charge is 2.16. The first-order chi connectivity index (χ1) is 8.04. The predicted octanol–water partition coefficient (Wildman–Crippen LogP) is 2.68. The van der Waals surface area contributed by atoms with Gasteiger partial charge in [0.2, 0.25) is 0 Å². The molecule has 0 saturated carbocycles. The molecule has 0 aromatic heterocycles. The lowest BCUT2D eigenvalue weighted by Crippen LogP contribution is -2.34. The van der Waals surface area contributed by atoms with Gasteiger partial charge in [-0.2, -0.15) is 0 Å². The van der Waals surface area contributed by atoms with Gasteiger partial charge in [-0.3, -0.25) is 9.69 Å². The number of carbonyl (C=O) groups is 1. The van der Waals surface area contributed by atoms with Gasteiger partial charge in [0.25, 0.3) is 0 Å². The average molecular weight is 235 g/mol. The van der Waals surface area contributed by atoms with Crippen molar-refractivity contribution in [2.45, 2.75) is 39.8 Å². The first-order valence-corrected chi connectivity index (χ1v) is 6.05. The van der Waals surface area contributed by atoms with Gasteiger partial charge in [0, 0.05) is 12.6 Å². The van der Waals surface area contributed by atoms with Crippen molar-refractivity contribution in [3.05, 3.63) is 35.4 Å². The molecule has 1 N–H and O–H groups in total. The van der Waals surface area contributed by atoms with Gasteiger partial charge in [0.05, 0.1) is 6.42 Å². The Bertz CT molecular complexity index is 376. The molecule has 0 radical (unpaired) electrons. The third kappa shape index (κ3) is 4.19. The van der Waals surface area contributed by atoms with Crippen molar-refractivity contribution in [1.29, 1.82) is 0 Å². The Morgan fingerprint density at radius 1 is 1.41 bits per heavy atom. The van der Waals surface area contributed by atoms with E-state index in [9.17, 15) is 4.79 Å². The zero-order chi connectivity index (χ0) is 12.8. The molecule has 0 heterocycles. The van der Waals surface area contributed by atoms with Crippen molar-refractivity contribution in [2.24, 2.45) is 0 Å². The molecule has 17 heavy (non-hydrogen) atoms. The predicted molar refractivity (Wildman–Crippen MR) is 69.0 cm³/mol. The maximum Gasteiger partial charge on any atom is 0.304 e. The van der Waals surface area contributed by atoms with E-state index < -0.39 is 5.97 Å². The number of benzene rings is 1. The number of nitrogens with zero attached hydrogens (tertiary/aromatic N) is 1. The third-order valence-corrected chi connectivity index (χ3v) is 3.13. The maximum absolute atomic E-state index is 10.7. The van der Waals surface area contributed by atoms with Gasteiger partial charge in [0.1, 0.15) is 0 Å². The van der Waals surface area contributed by atoms with Crippen LogP contribution in [0.3, 0.4) is 0 Å². The van der Waals surface area contributed by atoms with Crippen LogP contribution in [0, 0.1) is 6.92 Å². The number of carboxylic acid groups (broad SMARTS) is 1. The van der Waals surface area contributed by atoms with Crippen LogP contribution in [-0.4, -0.2) is 28.6 Å². The number of hydrogen-bond acceptors (Lipinski definition) is 2. The lowest BCUT2D eigenvalue weighted by molar-refractivity contribution is -0.138. The average Bonchev–Trinajstić information content (AvgIpc) is 2.27. The van der Waals surface area contributed by atoms with Crippen LogP contribution < -0.4 is 0 Å². The molecule has 0 saturated heterocycles. The number of rotatable bonds is 6. The standard InChI is InChI=1S/C14H21NO2/c1-4-15(12(3)9-14(16)17)10-13-8-6-5-7-11(13)2/h5-8,12H,4,9-10H2,1-3H3,(H,16,17). The van der Waals surface area contributed by atoms with Crippen molar-refractivity contribution >= 4 is 5.97 Å². The van der Waals surface area contributed by atoms with Crippen LogP contribution in [0.4, 0.5) is 0 Å². The Kier molecular flexibility index (Phi) is 5.16. The molecule has 0 aliphatic rings. The van der Waals surface area contributed by atoms with Gasteiger partial charge in [-0.25, -0.2) is 0 Å². The number of aryl methyl sites for hydroxylation is 1. The lowest BCUT2D eigenvalue weighted by atomic mass is 10.1. The van der Waals surface area contributed by atoms with Gasteiger partial charge >= 0.3 is 5.97 Å². The van der Waals surface area contributed by atoms with Crippen molar-refractivity contribution < 1.29 is 9.90 Å². The second-order valence-corrected chi connectivity index (χ2v) is 4.44. The van der Waals surface area contributed by atoms with Gasteiger partial charge in [-0.1, -0.05) is 31.2 Å². The summed E-state index contributed by atoms with van der Waals surface area (Å²) in [5.41, 5.74) is 2.53. The molecule has 1 aromatic carbocycles. The summed E-state index contributed by atoms with van der Waals surface area (Å²) in [5, 5.41) is 8.82. The van der Waals surface area contributed by atoms with E-state index in [2.05, 4.69) is 30.9 Å². The number of carboxylic acids is 1. The largest absolute Gasteiger partial charge is 0.481 e. The van der Waals surface area contributed by atoms with E-state index in [-0.39, 0.29) is 12.5 Å². The highest BCUT2D eigenvalue weighted by Crippen LogP contribution is 2.13. The van der Waals surface area contributed by atoms with E-state index >= 15 is 0 Å². The minimum Gasteiger partial charge on any atom is -0.481 e. The minimum absolute atomic E-state index is 0.0668. The number of aliphatic carboxylic acids is 1. The van der Waals surface area contributed by atoms with Crippen LogP contribution in [0.25, 0.3) is 0 Å². The van der Waals surface area contributed by atoms with Crippen LogP contribution in [-0.2, 0) is 11.3 Å². The van der Waals surface area contributed by atoms with Crippen molar-refractivity contribution in [2.75, 3.05) is 6.54 Å². The van der Waals surface area contributed by atoms with Gasteiger partial charge in [-0.05, 0) is 31.5 Å². The summed E-state index contributed by atoms with van der Waals surface area (Å²) in [6.45, 7) is 7.80. The Morgan fingerprint density at radius 2 is 2.06 bits per heavy atom. The topological polar surface area (TPSA) is 40.5 Å². The van der Waals surface area contributed by atoms with Crippen LogP contribution in [0.5, 0.6) is 0 Å². The van der Waals surface area contributed by atoms with Crippen molar-refractivity contribution in [3.8, 4) is 0 Å². The summed E-state index contributed by atoms with van der Waals surface area (Å²) >= 11 is 0. The molecule has 3 heteroatoms. The number of hydrogen-bond donors (Lipinski definition) is 1. The second kappa shape index (κ2) is 6.40. The summed E-state index contributed by atoms with van der Waals surface area (Å²) in [6, 6.07) is 8.31. The molecule has 1 aromatic rings. The Balaban J connectivity index is 2.70. The first kappa shape index (κ1) is 13.7. The van der Waals surface area contributed by atoms with Gasteiger partial charge in [-0.15, -0.1) is 0 Å². The molecule has 0 aliphatic carbocycles. The summed E-state index contributed by atoms with van der Waals surface area (Å²) in [7, 11) is 0. The van der Waals surface area contributed by atoms with Crippen LogP contribution in [0.2, 0.25) is 0 Å².